The lowest BCUT2D eigenvalue weighted by molar-refractivity contribution is -0.549. The third kappa shape index (κ3) is 6.23. The lowest BCUT2D eigenvalue weighted by Crippen LogP contribution is -2.44. The van der Waals surface area contributed by atoms with Crippen LogP contribution in [-0.4, -0.2) is 17.0 Å². The minimum atomic E-state index is -0.781. The molecule has 1 aliphatic rings. The first-order chi connectivity index (χ1) is 9.64. The third-order valence-electron chi connectivity index (χ3n) is 4.46. The van der Waals surface area contributed by atoms with E-state index in [1.54, 1.807) is 0 Å². The van der Waals surface area contributed by atoms with E-state index in [4.69, 9.17) is 19.6 Å². The number of rotatable bonds is 8. The maximum atomic E-state index is 5.79. The summed E-state index contributed by atoms with van der Waals surface area (Å²) >= 11 is 0. The molecule has 4 nitrogen and oxygen atoms in total. The number of hydrogen-bond donors (Lipinski definition) is 0. The first kappa shape index (κ1) is 18.9. The normalized spacial score (nSPS) is 23.3. The summed E-state index contributed by atoms with van der Waals surface area (Å²) in [5, 5.41) is 0. The molecule has 0 amide bonds. The van der Waals surface area contributed by atoms with Gasteiger partial charge in [-0.05, 0) is 52.9 Å². The van der Waals surface area contributed by atoms with Gasteiger partial charge in [0, 0.05) is 12.8 Å². The molecule has 4 heteroatoms. The fraction of sp³-hybridized carbons (Fsp3) is 1.00. The molecule has 0 bridgehead atoms. The standard InChI is InChI=1S/C17H34O4/c1-8-15(4,5)18-20-17(12-10-11-14(3)13-17)21-19-16(6,7)9-2/h14H,8-13H2,1-7H3. The van der Waals surface area contributed by atoms with Crippen LogP contribution >= 0.6 is 0 Å². The highest BCUT2D eigenvalue weighted by molar-refractivity contribution is 4.78. The van der Waals surface area contributed by atoms with Gasteiger partial charge in [-0.25, -0.2) is 9.78 Å². The Balaban J connectivity index is 2.71. The molecule has 0 aromatic rings. The van der Waals surface area contributed by atoms with Crippen LogP contribution in [-0.2, 0) is 19.6 Å². The molecule has 0 radical (unpaired) electrons. The van der Waals surface area contributed by atoms with Crippen LogP contribution in [0.25, 0.3) is 0 Å². The monoisotopic (exact) mass is 302 g/mol. The highest BCUT2D eigenvalue weighted by Crippen LogP contribution is 2.38. The fourth-order valence-corrected chi connectivity index (χ4v) is 2.12. The van der Waals surface area contributed by atoms with E-state index in [-0.39, 0.29) is 11.2 Å². The molecule has 1 fully saturated rings. The SMILES string of the molecule is CCC(C)(C)OOC1(OOC(C)(C)CC)CCCC(C)C1. The molecule has 126 valence electrons. The highest BCUT2D eigenvalue weighted by atomic mass is 17.3. The van der Waals surface area contributed by atoms with E-state index < -0.39 is 5.79 Å². The molecule has 1 unspecified atom stereocenters. The Morgan fingerprint density at radius 2 is 1.43 bits per heavy atom. The average Bonchev–Trinajstić information content (AvgIpc) is 2.44. The molecular formula is C17H34O4. The van der Waals surface area contributed by atoms with Gasteiger partial charge in [-0.3, -0.25) is 0 Å². The summed E-state index contributed by atoms with van der Waals surface area (Å²) in [6.45, 7) is 14.5. The van der Waals surface area contributed by atoms with Crippen molar-refractivity contribution in [2.75, 3.05) is 0 Å². The highest BCUT2D eigenvalue weighted by Gasteiger charge is 2.42. The molecule has 0 spiro atoms. The first-order valence-corrected chi connectivity index (χ1v) is 8.37. The Morgan fingerprint density at radius 3 is 1.81 bits per heavy atom. The van der Waals surface area contributed by atoms with Gasteiger partial charge in [-0.2, -0.15) is 9.78 Å². The minimum absolute atomic E-state index is 0.322. The largest absolute Gasteiger partial charge is 0.234 e. The predicted molar refractivity (Wildman–Crippen MR) is 83.4 cm³/mol. The van der Waals surface area contributed by atoms with Crippen LogP contribution in [0.15, 0.2) is 0 Å². The Labute approximate surface area is 130 Å². The Morgan fingerprint density at radius 1 is 0.952 bits per heavy atom. The molecular weight excluding hydrogens is 268 g/mol. The topological polar surface area (TPSA) is 36.9 Å². The van der Waals surface area contributed by atoms with E-state index >= 15 is 0 Å². The van der Waals surface area contributed by atoms with Gasteiger partial charge in [0.25, 0.3) is 0 Å². The second kappa shape index (κ2) is 7.40. The second-order valence-electron chi connectivity index (χ2n) is 7.67. The Kier molecular flexibility index (Phi) is 6.66. The minimum Gasteiger partial charge on any atom is -0.228 e. The van der Waals surface area contributed by atoms with Crippen LogP contribution in [0, 0.1) is 5.92 Å². The molecule has 0 aromatic carbocycles. The molecule has 1 aliphatic carbocycles. The molecule has 1 rings (SSSR count). The molecule has 0 saturated heterocycles. The summed E-state index contributed by atoms with van der Waals surface area (Å²) < 4.78 is 0. The molecule has 0 aromatic heterocycles. The van der Waals surface area contributed by atoms with Gasteiger partial charge >= 0.3 is 0 Å². The van der Waals surface area contributed by atoms with Gasteiger partial charge < -0.3 is 0 Å². The molecule has 0 N–H and O–H groups in total. The summed E-state index contributed by atoms with van der Waals surface area (Å²) in [6, 6.07) is 0. The van der Waals surface area contributed by atoms with Crippen LogP contribution in [0.4, 0.5) is 0 Å². The maximum absolute atomic E-state index is 5.79. The van der Waals surface area contributed by atoms with Gasteiger partial charge in [0.2, 0.25) is 5.79 Å². The number of hydrogen-bond acceptors (Lipinski definition) is 4. The zero-order valence-electron chi connectivity index (χ0n) is 15.0. The third-order valence-corrected chi connectivity index (χ3v) is 4.46. The van der Waals surface area contributed by atoms with Crippen molar-refractivity contribution in [2.45, 2.75) is 104 Å². The molecule has 1 saturated carbocycles. The van der Waals surface area contributed by atoms with Crippen LogP contribution in [0.3, 0.4) is 0 Å². The summed E-state index contributed by atoms with van der Waals surface area (Å²) in [4.78, 5) is 22.9. The van der Waals surface area contributed by atoms with Crippen molar-refractivity contribution in [3.05, 3.63) is 0 Å². The van der Waals surface area contributed by atoms with Gasteiger partial charge in [0.05, 0.1) is 11.2 Å². The van der Waals surface area contributed by atoms with Gasteiger partial charge in [-0.1, -0.05) is 27.2 Å². The summed E-state index contributed by atoms with van der Waals surface area (Å²) in [6.07, 6.45) is 5.61. The maximum Gasteiger partial charge on any atom is 0.234 e. The van der Waals surface area contributed by atoms with Gasteiger partial charge in [-0.15, -0.1) is 0 Å². The van der Waals surface area contributed by atoms with Crippen LogP contribution in [0.1, 0.15) is 87.0 Å². The zero-order valence-corrected chi connectivity index (χ0v) is 15.0. The van der Waals surface area contributed by atoms with Crippen molar-refractivity contribution >= 4 is 0 Å². The summed E-state index contributed by atoms with van der Waals surface area (Å²) in [5.41, 5.74) is -0.644. The van der Waals surface area contributed by atoms with E-state index in [0.717, 1.165) is 32.1 Å². The van der Waals surface area contributed by atoms with Crippen molar-refractivity contribution in [1.29, 1.82) is 0 Å². The Bertz CT molecular complexity index is 292. The van der Waals surface area contributed by atoms with E-state index in [0.29, 0.717) is 5.92 Å². The first-order valence-electron chi connectivity index (χ1n) is 8.37. The smallest absolute Gasteiger partial charge is 0.228 e. The average molecular weight is 302 g/mol. The second-order valence-corrected chi connectivity index (χ2v) is 7.67. The molecule has 0 aliphatic heterocycles. The van der Waals surface area contributed by atoms with E-state index in [9.17, 15) is 0 Å². The van der Waals surface area contributed by atoms with E-state index in [2.05, 4.69) is 20.8 Å². The fourth-order valence-electron chi connectivity index (χ4n) is 2.12. The summed E-state index contributed by atoms with van der Waals surface area (Å²) in [7, 11) is 0. The predicted octanol–water partition coefficient (Wildman–Crippen LogP) is 5.17. The van der Waals surface area contributed by atoms with Crippen molar-refractivity contribution in [2.24, 2.45) is 5.92 Å². The zero-order chi connectivity index (χ0) is 16.1. The lowest BCUT2D eigenvalue weighted by atomic mass is 9.86. The van der Waals surface area contributed by atoms with Gasteiger partial charge in [0.15, 0.2) is 0 Å². The van der Waals surface area contributed by atoms with Crippen LogP contribution in [0.5, 0.6) is 0 Å². The van der Waals surface area contributed by atoms with Crippen LogP contribution < -0.4 is 0 Å². The van der Waals surface area contributed by atoms with Crippen molar-refractivity contribution < 1.29 is 19.6 Å². The molecule has 1 atom stereocenters. The van der Waals surface area contributed by atoms with E-state index in [1.807, 2.05) is 27.7 Å². The molecule has 0 heterocycles. The lowest BCUT2D eigenvalue weighted by Gasteiger charge is -2.40. The van der Waals surface area contributed by atoms with Crippen molar-refractivity contribution in [1.82, 2.24) is 0 Å². The van der Waals surface area contributed by atoms with Crippen LogP contribution in [0.2, 0.25) is 0 Å². The van der Waals surface area contributed by atoms with Gasteiger partial charge in [0.1, 0.15) is 0 Å². The molecule has 21 heavy (non-hydrogen) atoms. The van der Waals surface area contributed by atoms with Crippen molar-refractivity contribution in [3.63, 3.8) is 0 Å². The summed E-state index contributed by atoms with van der Waals surface area (Å²) in [5.74, 6) is -0.239. The quantitative estimate of drug-likeness (QED) is 0.352. The van der Waals surface area contributed by atoms with E-state index in [1.165, 1.54) is 6.42 Å². The van der Waals surface area contributed by atoms with Crippen molar-refractivity contribution in [3.8, 4) is 0 Å². The Hall–Kier alpha value is -0.160.